The highest BCUT2D eigenvalue weighted by Crippen LogP contribution is 2.28. The number of sulfonamides is 1. The number of pyridine rings is 1. The third-order valence-electron chi connectivity index (χ3n) is 4.03. The molecule has 0 bridgehead atoms. The predicted octanol–water partition coefficient (Wildman–Crippen LogP) is 3.05. The van der Waals surface area contributed by atoms with Crippen molar-refractivity contribution in [3.63, 3.8) is 0 Å². The standard InChI is InChI=1S/C18H15N3O3S/c1-25(23,24)21-13-4-2-3-11(9-13)12-5-6-16-15(10-12)14-7-8-19-17(14)18(22)20-16/h2-10,19,21H,1H3,(H,20,22). The molecule has 2 aromatic heterocycles. The zero-order valence-corrected chi connectivity index (χ0v) is 14.1. The van der Waals surface area contributed by atoms with E-state index in [9.17, 15) is 13.2 Å². The first-order valence-electron chi connectivity index (χ1n) is 7.62. The molecule has 0 saturated carbocycles. The number of hydrogen-bond donors (Lipinski definition) is 3. The van der Waals surface area contributed by atoms with Gasteiger partial charge in [0.25, 0.3) is 5.56 Å². The van der Waals surface area contributed by atoms with E-state index in [1.807, 2.05) is 30.3 Å². The fraction of sp³-hybridized carbons (Fsp3) is 0.0556. The van der Waals surface area contributed by atoms with Crippen molar-refractivity contribution < 1.29 is 8.42 Å². The summed E-state index contributed by atoms with van der Waals surface area (Å²) in [7, 11) is -3.33. The molecular weight excluding hydrogens is 338 g/mol. The maximum absolute atomic E-state index is 12.0. The summed E-state index contributed by atoms with van der Waals surface area (Å²) >= 11 is 0. The fourth-order valence-electron chi connectivity index (χ4n) is 3.00. The van der Waals surface area contributed by atoms with Crippen molar-refractivity contribution in [2.45, 2.75) is 0 Å². The van der Waals surface area contributed by atoms with Crippen molar-refractivity contribution in [1.82, 2.24) is 9.97 Å². The van der Waals surface area contributed by atoms with Crippen LogP contribution in [0.3, 0.4) is 0 Å². The van der Waals surface area contributed by atoms with Crippen molar-refractivity contribution in [2.75, 3.05) is 11.0 Å². The summed E-state index contributed by atoms with van der Waals surface area (Å²) in [5.41, 5.74) is 3.46. The topological polar surface area (TPSA) is 94.8 Å². The van der Waals surface area contributed by atoms with Crippen molar-refractivity contribution >= 4 is 37.5 Å². The Kier molecular flexibility index (Phi) is 3.40. The first-order valence-corrected chi connectivity index (χ1v) is 9.51. The summed E-state index contributed by atoms with van der Waals surface area (Å²) in [6, 6.07) is 14.8. The molecule has 0 fully saturated rings. The second-order valence-electron chi connectivity index (χ2n) is 5.94. The van der Waals surface area contributed by atoms with E-state index >= 15 is 0 Å². The molecule has 0 aliphatic heterocycles. The molecule has 4 aromatic rings. The predicted molar refractivity (Wildman–Crippen MR) is 100 cm³/mol. The van der Waals surface area contributed by atoms with Crippen molar-refractivity contribution in [3.8, 4) is 11.1 Å². The lowest BCUT2D eigenvalue weighted by Gasteiger charge is -2.08. The van der Waals surface area contributed by atoms with E-state index in [1.54, 1.807) is 24.4 Å². The molecule has 6 nitrogen and oxygen atoms in total. The van der Waals surface area contributed by atoms with Crippen LogP contribution in [0, 0.1) is 0 Å². The number of rotatable bonds is 3. The molecule has 0 saturated heterocycles. The van der Waals surface area contributed by atoms with Crippen molar-refractivity contribution in [1.29, 1.82) is 0 Å². The number of hydrogen-bond acceptors (Lipinski definition) is 3. The van der Waals surface area contributed by atoms with E-state index in [0.29, 0.717) is 11.2 Å². The van der Waals surface area contributed by atoms with E-state index in [4.69, 9.17) is 0 Å². The Balaban J connectivity index is 1.89. The first-order chi connectivity index (χ1) is 11.9. The van der Waals surface area contributed by atoms with Gasteiger partial charge in [0.2, 0.25) is 10.0 Å². The molecule has 0 aliphatic carbocycles. The van der Waals surface area contributed by atoms with Gasteiger partial charge in [0.1, 0.15) is 5.52 Å². The molecule has 0 spiro atoms. The third-order valence-corrected chi connectivity index (χ3v) is 4.64. The second-order valence-corrected chi connectivity index (χ2v) is 7.68. The highest BCUT2D eigenvalue weighted by Gasteiger charge is 2.09. The molecule has 126 valence electrons. The van der Waals surface area contributed by atoms with Crippen LogP contribution in [-0.2, 0) is 10.0 Å². The summed E-state index contributed by atoms with van der Waals surface area (Å²) < 4.78 is 25.3. The van der Waals surface area contributed by atoms with Crippen LogP contribution < -0.4 is 10.3 Å². The van der Waals surface area contributed by atoms with Crippen LogP contribution in [0.2, 0.25) is 0 Å². The van der Waals surface area contributed by atoms with Crippen LogP contribution in [0.25, 0.3) is 32.9 Å². The minimum Gasteiger partial charge on any atom is -0.357 e. The summed E-state index contributed by atoms with van der Waals surface area (Å²) in [5.74, 6) is 0. The Morgan fingerprint density at radius 2 is 1.76 bits per heavy atom. The van der Waals surface area contributed by atoms with Gasteiger partial charge in [0, 0.05) is 28.2 Å². The highest BCUT2D eigenvalue weighted by atomic mass is 32.2. The lowest BCUT2D eigenvalue weighted by atomic mass is 10.0. The van der Waals surface area contributed by atoms with Crippen LogP contribution in [0.4, 0.5) is 5.69 Å². The maximum atomic E-state index is 12.0. The van der Waals surface area contributed by atoms with E-state index in [0.717, 1.165) is 33.7 Å². The Morgan fingerprint density at radius 1 is 0.960 bits per heavy atom. The van der Waals surface area contributed by atoms with Gasteiger partial charge in [0.15, 0.2) is 0 Å². The Morgan fingerprint density at radius 3 is 2.56 bits per heavy atom. The number of anilines is 1. The summed E-state index contributed by atoms with van der Waals surface area (Å²) in [6.45, 7) is 0. The van der Waals surface area contributed by atoms with E-state index in [-0.39, 0.29) is 5.56 Å². The van der Waals surface area contributed by atoms with E-state index in [2.05, 4.69) is 14.7 Å². The van der Waals surface area contributed by atoms with Crippen LogP contribution in [0.5, 0.6) is 0 Å². The van der Waals surface area contributed by atoms with Crippen LogP contribution in [-0.4, -0.2) is 24.6 Å². The highest BCUT2D eigenvalue weighted by molar-refractivity contribution is 7.92. The van der Waals surface area contributed by atoms with Gasteiger partial charge in [-0.05, 0) is 41.5 Å². The van der Waals surface area contributed by atoms with Gasteiger partial charge >= 0.3 is 0 Å². The molecule has 7 heteroatoms. The van der Waals surface area contributed by atoms with E-state index < -0.39 is 10.0 Å². The van der Waals surface area contributed by atoms with Gasteiger partial charge in [-0.1, -0.05) is 18.2 Å². The average molecular weight is 353 g/mol. The fourth-order valence-corrected chi connectivity index (χ4v) is 3.55. The average Bonchev–Trinajstić information content (AvgIpc) is 3.04. The van der Waals surface area contributed by atoms with Crippen LogP contribution in [0.15, 0.2) is 59.5 Å². The molecule has 0 aliphatic rings. The van der Waals surface area contributed by atoms with Gasteiger partial charge in [-0.3, -0.25) is 9.52 Å². The lowest BCUT2D eigenvalue weighted by Crippen LogP contribution is -2.09. The summed E-state index contributed by atoms with van der Waals surface area (Å²) in [6.07, 6.45) is 2.86. The molecule has 3 N–H and O–H groups in total. The quantitative estimate of drug-likeness (QED) is 0.528. The minimum absolute atomic E-state index is 0.153. The molecule has 0 amide bonds. The maximum Gasteiger partial charge on any atom is 0.272 e. The SMILES string of the molecule is CS(=O)(=O)Nc1cccc(-c2ccc3[nH]c(=O)c4[nH]ccc4c3c2)c1. The van der Waals surface area contributed by atoms with Gasteiger partial charge in [-0.15, -0.1) is 0 Å². The number of nitrogens with one attached hydrogen (secondary N) is 3. The molecular formula is C18H15N3O3S. The molecule has 0 radical (unpaired) electrons. The number of H-pyrrole nitrogens is 2. The van der Waals surface area contributed by atoms with Gasteiger partial charge in [-0.2, -0.15) is 0 Å². The van der Waals surface area contributed by atoms with Gasteiger partial charge in [-0.25, -0.2) is 8.42 Å². The molecule has 2 aromatic carbocycles. The van der Waals surface area contributed by atoms with Crippen molar-refractivity contribution in [3.05, 3.63) is 65.1 Å². The third kappa shape index (κ3) is 2.89. The molecule has 4 rings (SSSR count). The van der Waals surface area contributed by atoms with Crippen LogP contribution in [0.1, 0.15) is 0 Å². The Bertz CT molecular complexity index is 1270. The molecule has 25 heavy (non-hydrogen) atoms. The number of aromatic amines is 2. The van der Waals surface area contributed by atoms with Gasteiger partial charge < -0.3 is 9.97 Å². The summed E-state index contributed by atoms with van der Waals surface area (Å²) in [4.78, 5) is 17.8. The zero-order valence-electron chi connectivity index (χ0n) is 13.3. The number of aromatic nitrogens is 2. The van der Waals surface area contributed by atoms with Crippen molar-refractivity contribution in [2.24, 2.45) is 0 Å². The zero-order chi connectivity index (χ0) is 17.6. The smallest absolute Gasteiger partial charge is 0.272 e. The number of fused-ring (bicyclic) bond motifs is 3. The minimum atomic E-state index is -3.33. The largest absolute Gasteiger partial charge is 0.357 e. The molecule has 0 atom stereocenters. The second kappa shape index (κ2) is 5.49. The summed E-state index contributed by atoms with van der Waals surface area (Å²) in [5, 5.41) is 1.78. The lowest BCUT2D eigenvalue weighted by molar-refractivity contribution is 0.607. The first kappa shape index (κ1) is 15.5. The molecule has 2 heterocycles. The van der Waals surface area contributed by atoms with Crippen LogP contribution >= 0.6 is 0 Å². The monoisotopic (exact) mass is 353 g/mol. The van der Waals surface area contributed by atoms with E-state index in [1.165, 1.54) is 0 Å². The number of benzene rings is 2. The Labute approximate surface area is 143 Å². The normalized spacial score (nSPS) is 11.9. The molecule has 0 unspecified atom stereocenters. The van der Waals surface area contributed by atoms with Gasteiger partial charge in [0.05, 0.1) is 6.26 Å². The Hall–Kier alpha value is -3.06.